The van der Waals surface area contributed by atoms with Gasteiger partial charge in [-0.1, -0.05) is 0 Å². The predicted molar refractivity (Wildman–Crippen MR) is 64.5 cm³/mol. The molecule has 0 aliphatic carbocycles. The summed E-state index contributed by atoms with van der Waals surface area (Å²) in [6, 6.07) is 3.40. The molecule has 6 heteroatoms. The number of hydrogen-bond donors (Lipinski definition) is 0. The van der Waals surface area contributed by atoms with E-state index in [1.807, 2.05) is 0 Å². The summed E-state index contributed by atoms with van der Waals surface area (Å²) in [5.41, 5.74) is 0.116. The molecule has 0 spiro atoms. The van der Waals surface area contributed by atoms with Crippen LogP contribution in [0.1, 0.15) is 29.1 Å². The average Bonchev–Trinajstić information content (AvgIpc) is 2.95. The van der Waals surface area contributed by atoms with Gasteiger partial charge in [-0.15, -0.1) is 11.6 Å². The Balaban J connectivity index is 2.40. The van der Waals surface area contributed by atoms with Crippen LogP contribution in [0.25, 0.3) is 11.5 Å². The third-order valence-corrected chi connectivity index (χ3v) is 2.48. The molecule has 0 aliphatic rings. The van der Waals surface area contributed by atoms with Crippen LogP contribution in [0.3, 0.4) is 0 Å². The fourth-order valence-corrected chi connectivity index (χ4v) is 1.65. The van der Waals surface area contributed by atoms with Gasteiger partial charge >= 0.3 is 5.97 Å². The second-order valence-corrected chi connectivity index (χ2v) is 3.80. The van der Waals surface area contributed by atoms with Gasteiger partial charge in [-0.05, 0) is 19.1 Å². The number of ether oxygens (including phenoxy) is 1. The highest BCUT2D eigenvalue weighted by molar-refractivity contribution is 6.16. The number of oxazole rings is 1. The van der Waals surface area contributed by atoms with E-state index in [2.05, 4.69) is 4.98 Å². The van der Waals surface area contributed by atoms with Gasteiger partial charge in [0.15, 0.2) is 17.3 Å². The van der Waals surface area contributed by atoms with Crippen LogP contribution < -0.4 is 0 Å². The van der Waals surface area contributed by atoms with E-state index in [1.54, 1.807) is 26.0 Å². The molecule has 0 saturated heterocycles. The van der Waals surface area contributed by atoms with E-state index >= 15 is 0 Å². The van der Waals surface area contributed by atoms with Gasteiger partial charge in [0.1, 0.15) is 5.76 Å². The van der Waals surface area contributed by atoms with E-state index in [0.717, 1.165) is 0 Å². The van der Waals surface area contributed by atoms with Crippen molar-refractivity contribution < 1.29 is 18.4 Å². The Bertz CT molecular complexity index is 558. The number of furan rings is 1. The van der Waals surface area contributed by atoms with Gasteiger partial charge in [0.05, 0.1) is 12.5 Å². The van der Waals surface area contributed by atoms with Gasteiger partial charge in [-0.3, -0.25) is 0 Å². The number of aryl methyl sites for hydroxylation is 1. The zero-order valence-electron chi connectivity index (χ0n) is 10.0. The lowest BCUT2D eigenvalue weighted by Gasteiger charge is -1.98. The van der Waals surface area contributed by atoms with E-state index in [0.29, 0.717) is 17.4 Å². The van der Waals surface area contributed by atoms with E-state index in [4.69, 9.17) is 25.2 Å². The van der Waals surface area contributed by atoms with Gasteiger partial charge in [-0.2, -0.15) is 0 Å². The largest absolute Gasteiger partial charge is 0.461 e. The highest BCUT2D eigenvalue weighted by Gasteiger charge is 2.23. The van der Waals surface area contributed by atoms with Crippen molar-refractivity contribution in [2.75, 3.05) is 6.61 Å². The predicted octanol–water partition coefficient (Wildman–Crippen LogP) is 3.16. The molecule has 5 nitrogen and oxygen atoms in total. The Morgan fingerprint density at radius 1 is 1.44 bits per heavy atom. The van der Waals surface area contributed by atoms with Crippen molar-refractivity contribution in [3.8, 4) is 11.5 Å². The standard InChI is InChI=1S/C12H12ClNO4/c1-3-16-12(15)10-11(17-7(2)14-10)9-5-4-8(6-13)18-9/h4-5H,3,6H2,1-2H3. The molecule has 0 bridgehead atoms. The Hall–Kier alpha value is -1.75. The minimum Gasteiger partial charge on any atom is -0.461 e. The number of halogens is 1. The number of nitrogens with zero attached hydrogens (tertiary/aromatic N) is 1. The van der Waals surface area contributed by atoms with Crippen molar-refractivity contribution in [3.63, 3.8) is 0 Å². The second kappa shape index (κ2) is 5.27. The van der Waals surface area contributed by atoms with Crippen LogP contribution in [0.4, 0.5) is 0 Å². The molecule has 0 amide bonds. The Kier molecular flexibility index (Phi) is 3.72. The summed E-state index contributed by atoms with van der Waals surface area (Å²) >= 11 is 5.65. The average molecular weight is 270 g/mol. The second-order valence-electron chi connectivity index (χ2n) is 3.53. The highest BCUT2D eigenvalue weighted by Crippen LogP contribution is 2.27. The molecule has 96 valence electrons. The lowest BCUT2D eigenvalue weighted by molar-refractivity contribution is 0.0520. The topological polar surface area (TPSA) is 65.5 Å². The quantitative estimate of drug-likeness (QED) is 0.630. The number of alkyl halides is 1. The van der Waals surface area contributed by atoms with Gasteiger partial charge in [0.2, 0.25) is 5.76 Å². The first-order valence-corrected chi connectivity index (χ1v) is 5.98. The van der Waals surface area contributed by atoms with Gasteiger partial charge < -0.3 is 13.6 Å². The number of aromatic nitrogens is 1. The normalized spacial score (nSPS) is 10.6. The highest BCUT2D eigenvalue weighted by atomic mass is 35.5. The molecular weight excluding hydrogens is 258 g/mol. The van der Waals surface area contributed by atoms with Gasteiger partial charge in [0.25, 0.3) is 0 Å². The molecular formula is C12H12ClNO4. The lowest BCUT2D eigenvalue weighted by Crippen LogP contribution is -2.06. The monoisotopic (exact) mass is 269 g/mol. The Morgan fingerprint density at radius 2 is 2.22 bits per heavy atom. The molecule has 0 atom stereocenters. The zero-order valence-corrected chi connectivity index (χ0v) is 10.8. The van der Waals surface area contributed by atoms with E-state index < -0.39 is 5.97 Å². The van der Waals surface area contributed by atoms with Crippen LogP contribution >= 0.6 is 11.6 Å². The third-order valence-electron chi connectivity index (χ3n) is 2.22. The maximum absolute atomic E-state index is 11.7. The van der Waals surface area contributed by atoms with Crippen molar-refractivity contribution in [1.29, 1.82) is 0 Å². The summed E-state index contributed by atoms with van der Waals surface area (Å²) in [4.78, 5) is 15.7. The van der Waals surface area contributed by atoms with Crippen molar-refractivity contribution in [3.05, 3.63) is 29.5 Å². The smallest absolute Gasteiger partial charge is 0.361 e. The van der Waals surface area contributed by atoms with Crippen LogP contribution in [0.2, 0.25) is 0 Å². The van der Waals surface area contributed by atoms with Crippen LogP contribution in [0.15, 0.2) is 21.0 Å². The fourth-order valence-electron chi connectivity index (χ4n) is 1.50. The summed E-state index contributed by atoms with van der Waals surface area (Å²) in [7, 11) is 0. The molecule has 0 N–H and O–H groups in total. The molecule has 2 heterocycles. The molecule has 0 aliphatic heterocycles. The van der Waals surface area contributed by atoms with E-state index in [-0.39, 0.29) is 23.9 Å². The summed E-state index contributed by atoms with van der Waals surface area (Å²) in [5.74, 6) is 1.36. The summed E-state index contributed by atoms with van der Waals surface area (Å²) in [5, 5.41) is 0. The lowest BCUT2D eigenvalue weighted by atomic mass is 10.3. The molecule has 0 fully saturated rings. The van der Waals surface area contributed by atoms with Crippen molar-refractivity contribution in [2.24, 2.45) is 0 Å². The van der Waals surface area contributed by atoms with Crippen molar-refractivity contribution in [1.82, 2.24) is 4.98 Å². The van der Waals surface area contributed by atoms with Crippen LogP contribution in [0.5, 0.6) is 0 Å². The molecule has 0 radical (unpaired) electrons. The number of carbonyl (C=O) groups excluding carboxylic acids is 1. The van der Waals surface area contributed by atoms with Crippen molar-refractivity contribution in [2.45, 2.75) is 19.7 Å². The SMILES string of the molecule is CCOC(=O)c1nc(C)oc1-c1ccc(CCl)o1. The summed E-state index contributed by atoms with van der Waals surface area (Å²) in [6.07, 6.45) is 0. The first-order chi connectivity index (χ1) is 8.65. The first-order valence-electron chi connectivity index (χ1n) is 5.45. The van der Waals surface area contributed by atoms with E-state index in [1.165, 1.54) is 0 Å². The van der Waals surface area contributed by atoms with Gasteiger partial charge in [0, 0.05) is 6.92 Å². The molecule has 2 aromatic rings. The number of esters is 1. The molecule has 2 aromatic heterocycles. The first kappa shape index (κ1) is 12.7. The molecule has 2 rings (SSSR count). The van der Waals surface area contributed by atoms with Crippen molar-refractivity contribution >= 4 is 17.6 Å². The van der Waals surface area contributed by atoms with E-state index in [9.17, 15) is 4.79 Å². The molecule has 18 heavy (non-hydrogen) atoms. The molecule has 0 aromatic carbocycles. The minimum atomic E-state index is -0.534. The molecule has 0 unspecified atom stereocenters. The maximum atomic E-state index is 11.7. The Morgan fingerprint density at radius 3 is 2.83 bits per heavy atom. The number of hydrogen-bond acceptors (Lipinski definition) is 5. The minimum absolute atomic E-state index is 0.116. The summed E-state index contributed by atoms with van der Waals surface area (Å²) < 4.78 is 15.7. The molecule has 0 saturated carbocycles. The fraction of sp³-hybridized carbons (Fsp3) is 0.333. The number of carbonyl (C=O) groups is 1. The van der Waals surface area contributed by atoms with Gasteiger partial charge in [-0.25, -0.2) is 9.78 Å². The number of rotatable bonds is 4. The Labute approximate surface area is 109 Å². The zero-order chi connectivity index (χ0) is 13.1. The maximum Gasteiger partial charge on any atom is 0.361 e. The summed E-state index contributed by atoms with van der Waals surface area (Å²) in [6.45, 7) is 3.65. The van der Waals surface area contributed by atoms with Crippen LogP contribution in [-0.2, 0) is 10.6 Å². The van der Waals surface area contributed by atoms with Crippen LogP contribution in [-0.4, -0.2) is 17.6 Å². The third kappa shape index (κ3) is 2.41. The van der Waals surface area contributed by atoms with Crippen LogP contribution in [0, 0.1) is 6.92 Å².